The van der Waals surface area contributed by atoms with Crippen LogP contribution in [0.3, 0.4) is 0 Å². The van der Waals surface area contributed by atoms with E-state index in [4.69, 9.17) is 0 Å². The molecule has 0 radical (unpaired) electrons. The molecule has 20 heavy (non-hydrogen) atoms. The van der Waals surface area contributed by atoms with Gasteiger partial charge in [0.25, 0.3) is 0 Å². The van der Waals surface area contributed by atoms with Crippen molar-refractivity contribution in [1.82, 2.24) is 5.32 Å². The number of carbonyl (C=O) groups is 1. The van der Waals surface area contributed by atoms with Crippen molar-refractivity contribution in [2.45, 2.75) is 12.5 Å². The van der Waals surface area contributed by atoms with Gasteiger partial charge in [-0.05, 0) is 23.3 Å². The maximum absolute atomic E-state index is 13.2. The first-order valence-corrected chi connectivity index (χ1v) is 6.44. The first kappa shape index (κ1) is 12.9. The van der Waals surface area contributed by atoms with Crippen LogP contribution < -0.4 is 5.32 Å². The lowest BCUT2D eigenvalue weighted by atomic mass is 9.85. The summed E-state index contributed by atoms with van der Waals surface area (Å²) >= 11 is 0. The van der Waals surface area contributed by atoms with Gasteiger partial charge in [0.05, 0.1) is 5.92 Å². The van der Waals surface area contributed by atoms with Gasteiger partial charge in [-0.2, -0.15) is 0 Å². The van der Waals surface area contributed by atoms with Crippen LogP contribution in [0.4, 0.5) is 8.78 Å². The molecule has 0 amide bonds. The number of rotatable bonds is 2. The number of hydrogen-bond acceptors (Lipinski definition) is 2. The Morgan fingerprint density at radius 1 is 1.10 bits per heavy atom. The summed E-state index contributed by atoms with van der Waals surface area (Å²) in [6, 6.07) is 10.6. The average Bonchev–Trinajstić information content (AvgIpc) is 2.45. The second kappa shape index (κ2) is 5.13. The summed E-state index contributed by atoms with van der Waals surface area (Å²) in [5.74, 6) is -2.12. The van der Waals surface area contributed by atoms with E-state index >= 15 is 0 Å². The second-order valence-corrected chi connectivity index (χ2v) is 4.90. The van der Waals surface area contributed by atoms with Crippen molar-refractivity contribution in [3.63, 3.8) is 0 Å². The summed E-state index contributed by atoms with van der Waals surface area (Å²) in [5, 5.41) is 3.16. The van der Waals surface area contributed by atoms with Gasteiger partial charge < -0.3 is 5.32 Å². The Morgan fingerprint density at radius 2 is 1.80 bits per heavy atom. The van der Waals surface area contributed by atoms with Crippen LogP contribution in [-0.2, 0) is 6.54 Å². The zero-order chi connectivity index (χ0) is 14.1. The number of benzene rings is 2. The van der Waals surface area contributed by atoms with Crippen LogP contribution in [0.25, 0.3) is 0 Å². The SMILES string of the molecule is O=C(c1cc(F)cc(F)c1)C1CNCc2ccccc21. The van der Waals surface area contributed by atoms with Crippen LogP contribution in [0.2, 0.25) is 0 Å². The fourth-order valence-corrected chi connectivity index (χ4v) is 2.63. The molecular weight excluding hydrogens is 260 g/mol. The summed E-state index contributed by atoms with van der Waals surface area (Å²) in [5.41, 5.74) is 2.06. The Morgan fingerprint density at radius 3 is 2.55 bits per heavy atom. The van der Waals surface area contributed by atoms with Crippen molar-refractivity contribution >= 4 is 5.78 Å². The molecule has 1 N–H and O–H groups in total. The number of ketones is 1. The average molecular weight is 273 g/mol. The van der Waals surface area contributed by atoms with E-state index in [0.29, 0.717) is 13.1 Å². The number of halogens is 2. The molecule has 0 aliphatic carbocycles. The lowest BCUT2D eigenvalue weighted by Gasteiger charge is -2.25. The van der Waals surface area contributed by atoms with E-state index in [0.717, 1.165) is 29.3 Å². The summed E-state index contributed by atoms with van der Waals surface area (Å²) < 4.78 is 26.5. The molecule has 2 nitrogen and oxygen atoms in total. The Kier molecular flexibility index (Phi) is 3.32. The van der Waals surface area contributed by atoms with Crippen LogP contribution in [0.5, 0.6) is 0 Å². The summed E-state index contributed by atoms with van der Waals surface area (Å²) in [6.45, 7) is 1.19. The summed E-state index contributed by atoms with van der Waals surface area (Å²) in [4.78, 5) is 12.5. The highest BCUT2D eigenvalue weighted by molar-refractivity contribution is 6.01. The molecule has 2 aromatic carbocycles. The number of hydrogen-bond donors (Lipinski definition) is 1. The van der Waals surface area contributed by atoms with Gasteiger partial charge in [0, 0.05) is 24.7 Å². The normalized spacial score (nSPS) is 17.6. The summed E-state index contributed by atoms with van der Waals surface area (Å²) in [7, 11) is 0. The Hall–Kier alpha value is -2.07. The van der Waals surface area contributed by atoms with Gasteiger partial charge in [0.15, 0.2) is 5.78 Å². The van der Waals surface area contributed by atoms with Gasteiger partial charge in [-0.3, -0.25) is 4.79 Å². The molecule has 0 fully saturated rings. The molecule has 0 spiro atoms. The Labute approximate surface area is 115 Å². The molecule has 0 bridgehead atoms. The van der Waals surface area contributed by atoms with Crippen molar-refractivity contribution in [3.8, 4) is 0 Å². The van der Waals surface area contributed by atoms with Gasteiger partial charge in [0.1, 0.15) is 11.6 Å². The van der Waals surface area contributed by atoms with E-state index in [1.807, 2.05) is 24.3 Å². The van der Waals surface area contributed by atoms with Crippen LogP contribution in [-0.4, -0.2) is 12.3 Å². The molecular formula is C16H13F2NO. The van der Waals surface area contributed by atoms with Crippen molar-refractivity contribution in [3.05, 3.63) is 70.8 Å². The molecule has 1 atom stereocenters. The van der Waals surface area contributed by atoms with E-state index in [1.54, 1.807) is 0 Å². The highest BCUT2D eigenvalue weighted by Crippen LogP contribution is 2.27. The van der Waals surface area contributed by atoms with Gasteiger partial charge in [-0.25, -0.2) is 8.78 Å². The molecule has 1 aliphatic rings. The standard InChI is InChI=1S/C16H13F2NO/c17-12-5-11(6-13(18)7-12)16(20)15-9-19-8-10-3-1-2-4-14(10)15/h1-7,15,19H,8-9H2. The molecule has 1 aliphatic heterocycles. The second-order valence-electron chi connectivity index (χ2n) is 4.90. The number of Topliss-reactive ketones (excluding diaryl/α,β-unsaturated/α-hetero) is 1. The third-order valence-electron chi connectivity index (χ3n) is 3.56. The Bertz CT molecular complexity index is 649. The topological polar surface area (TPSA) is 29.1 Å². The van der Waals surface area contributed by atoms with Crippen molar-refractivity contribution in [2.24, 2.45) is 0 Å². The molecule has 0 saturated heterocycles. The van der Waals surface area contributed by atoms with E-state index in [1.165, 1.54) is 0 Å². The van der Waals surface area contributed by atoms with E-state index < -0.39 is 17.6 Å². The third-order valence-corrected chi connectivity index (χ3v) is 3.56. The maximum Gasteiger partial charge on any atom is 0.171 e. The fraction of sp³-hybridized carbons (Fsp3) is 0.188. The number of nitrogens with one attached hydrogen (secondary N) is 1. The number of carbonyl (C=O) groups excluding carboxylic acids is 1. The fourth-order valence-electron chi connectivity index (χ4n) is 2.63. The highest BCUT2D eigenvalue weighted by atomic mass is 19.1. The molecule has 0 aromatic heterocycles. The largest absolute Gasteiger partial charge is 0.312 e. The third kappa shape index (κ3) is 2.34. The molecule has 0 saturated carbocycles. The zero-order valence-electron chi connectivity index (χ0n) is 10.7. The van der Waals surface area contributed by atoms with Crippen LogP contribution in [0.15, 0.2) is 42.5 Å². The van der Waals surface area contributed by atoms with Crippen LogP contribution >= 0.6 is 0 Å². The smallest absolute Gasteiger partial charge is 0.171 e. The molecule has 2 aromatic rings. The van der Waals surface area contributed by atoms with Gasteiger partial charge >= 0.3 is 0 Å². The molecule has 3 rings (SSSR count). The highest BCUT2D eigenvalue weighted by Gasteiger charge is 2.27. The molecule has 1 unspecified atom stereocenters. The van der Waals surface area contributed by atoms with Gasteiger partial charge in [0.2, 0.25) is 0 Å². The van der Waals surface area contributed by atoms with E-state index in [-0.39, 0.29) is 11.3 Å². The molecule has 4 heteroatoms. The first-order chi connectivity index (χ1) is 9.65. The Balaban J connectivity index is 1.99. The van der Waals surface area contributed by atoms with E-state index in [9.17, 15) is 13.6 Å². The quantitative estimate of drug-likeness (QED) is 0.852. The predicted octanol–water partition coefficient (Wildman–Crippen LogP) is 3.03. The van der Waals surface area contributed by atoms with Gasteiger partial charge in [-0.15, -0.1) is 0 Å². The monoisotopic (exact) mass is 273 g/mol. The van der Waals surface area contributed by atoms with Crippen molar-refractivity contribution < 1.29 is 13.6 Å². The van der Waals surface area contributed by atoms with Crippen LogP contribution in [0.1, 0.15) is 27.4 Å². The predicted molar refractivity (Wildman–Crippen MR) is 71.6 cm³/mol. The van der Waals surface area contributed by atoms with Gasteiger partial charge in [-0.1, -0.05) is 24.3 Å². The maximum atomic E-state index is 13.2. The molecule has 1 heterocycles. The minimum Gasteiger partial charge on any atom is -0.312 e. The van der Waals surface area contributed by atoms with Crippen LogP contribution in [0, 0.1) is 11.6 Å². The lowest BCUT2D eigenvalue weighted by molar-refractivity contribution is 0.0954. The van der Waals surface area contributed by atoms with Crippen molar-refractivity contribution in [2.75, 3.05) is 6.54 Å². The molecule has 102 valence electrons. The summed E-state index contributed by atoms with van der Waals surface area (Å²) in [6.07, 6.45) is 0. The number of fused-ring (bicyclic) bond motifs is 1. The van der Waals surface area contributed by atoms with E-state index in [2.05, 4.69) is 5.32 Å². The lowest BCUT2D eigenvalue weighted by Crippen LogP contribution is -2.32. The minimum absolute atomic E-state index is 0.0750. The first-order valence-electron chi connectivity index (χ1n) is 6.44. The zero-order valence-corrected chi connectivity index (χ0v) is 10.7. The minimum atomic E-state index is -0.731. The van der Waals surface area contributed by atoms with Crippen molar-refractivity contribution in [1.29, 1.82) is 0 Å².